The fourth-order valence-electron chi connectivity index (χ4n) is 1.63. The van der Waals surface area contributed by atoms with Crippen LogP contribution >= 0.6 is 0 Å². The predicted octanol–water partition coefficient (Wildman–Crippen LogP) is -0.530. The molecule has 1 heterocycles. The van der Waals surface area contributed by atoms with E-state index in [9.17, 15) is 9.59 Å². The van der Waals surface area contributed by atoms with Crippen LogP contribution in [-0.2, 0) is 11.3 Å². The minimum Gasteiger partial charge on any atom is -0.371 e. The lowest BCUT2D eigenvalue weighted by molar-refractivity contribution is -0.121. The summed E-state index contributed by atoms with van der Waals surface area (Å²) >= 11 is 0. The number of hydrogen-bond donors (Lipinski definition) is 2. The van der Waals surface area contributed by atoms with Crippen LogP contribution in [0.5, 0.6) is 0 Å². The van der Waals surface area contributed by atoms with Crippen LogP contribution in [0.4, 0.5) is 5.69 Å². The molecule has 100 valence electrons. The quantitative estimate of drug-likeness (QED) is 0.404. The summed E-state index contributed by atoms with van der Waals surface area (Å²) in [4.78, 5) is 24.8. The second-order valence-electron chi connectivity index (χ2n) is 3.76. The van der Waals surface area contributed by atoms with Gasteiger partial charge in [-0.25, -0.2) is 10.5 Å². The molecule has 18 heavy (non-hydrogen) atoms. The maximum absolute atomic E-state index is 11.8. The molecule has 0 aliphatic rings. The van der Waals surface area contributed by atoms with Gasteiger partial charge in [-0.3, -0.25) is 15.0 Å². The molecule has 0 unspecified atom stereocenters. The molecule has 0 atom stereocenters. The summed E-state index contributed by atoms with van der Waals surface area (Å²) in [7, 11) is 0. The van der Waals surface area contributed by atoms with Crippen molar-refractivity contribution in [2.24, 2.45) is 5.84 Å². The third kappa shape index (κ3) is 3.56. The molecule has 0 spiro atoms. The Hall–Kier alpha value is -1.89. The Morgan fingerprint density at radius 1 is 1.50 bits per heavy atom. The maximum atomic E-state index is 11.8. The molecular formula is C11H19N5O2. The highest BCUT2D eigenvalue weighted by Crippen LogP contribution is 2.08. The molecule has 3 N–H and O–H groups in total. The topological polar surface area (TPSA) is 93.2 Å². The van der Waals surface area contributed by atoms with E-state index in [-0.39, 0.29) is 24.4 Å². The van der Waals surface area contributed by atoms with Gasteiger partial charge in [-0.1, -0.05) is 0 Å². The molecular weight excluding hydrogens is 234 g/mol. The smallest absolute Gasteiger partial charge is 0.268 e. The standard InChI is InChI=1S/C11H19N5O2/c1-3-15(4-2)9-7-11(18)16(13-8-9)6-5-10(17)14-12/h7-8H,3-6,12H2,1-2H3,(H,14,17). The van der Waals surface area contributed by atoms with Crippen LogP contribution in [0.15, 0.2) is 17.1 Å². The molecule has 1 aromatic rings. The number of rotatable bonds is 6. The zero-order valence-electron chi connectivity index (χ0n) is 10.7. The summed E-state index contributed by atoms with van der Waals surface area (Å²) < 4.78 is 1.25. The zero-order valence-corrected chi connectivity index (χ0v) is 10.7. The SMILES string of the molecule is CCN(CC)c1cnn(CCC(=O)NN)c(=O)c1. The first kappa shape index (κ1) is 14.2. The van der Waals surface area contributed by atoms with E-state index in [1.807, 2.05) is 24.2 Å². The molecule has 1 aromatic heterocycles. The lowest BCUT2D eigenvalue weighted by atomic mass is 10.3. The van der Waals surface area contributed by atoms with E-state index in [4.69, 9.17) is 5.84 Å². The van der Waals surface area contributed by atoms with Crippen LogP contribution in [0.1, 0.15) is 20.3 Å². The Labute approximate surface area is 106 Å². The highest BCUT2D eigenvalue weighted by molar-refractivity contribution is 5.74. The van der Waals surface area contributed by atoms with Crippen molar-refractivity contribution in [1.29, 1.82) is 0 Å². The van der Waals surface area contributed by atoms with Gasteiger partial charge >= 0.3 is 0 Å². The first-order valence-corrected chi connectivity index (χ1v) is 5.93. The number of nitrogens with zero attached hydrogens (tertiary/aromatic N) is 3. The number of carbonyl (C=O) groups is 1. The van der Waals surface area contributed by atoms with Gasteiger partial charge in [-0.15, -0.1) is 0 Å². The van der Waals surface area contributed by atoms with Gasteiger partial charge in [0, 0.05) is 25.6 Å². The molecule has 0 aliphatic carbocycles. The van der Waals surface area contributed by atoms with Gasteiger partial charge in [0.2, 0.25) is 5.91 Å². The Kier molecular flexibility index (Phi) is 5.31. The lowest BCUT2D eigenvalue weighted by Crippen LogP contribution is -2.33. The van der Waals surface area contributed by atoms with E-state index in [2.05, 4.69) is 5.10 Å². The summed E-state index contributed by atoms with van der Waals surface area (Å²) in [6, 6.07) is 1.53. The van der Waals surface area contributed by atoms with Crippen LogP contribution < -0.4 is 21.7 Å². The minimum absolute atomic E-state index is 0.133. The average molecular weight is 253 g/mol. The van der Waals surface area contributed by atoms with Gasteiger partial charge in [-0.05, 0) is 13.8 Å². The summed E-state index contributed by atoms with van der Waals surface area (Å²) in [5.41, 5.74) is 2.59. The minimum atomic E-state index is -0.323. The number of anilines is 1. The molecule has 0 fully saturated rings. The third-order valence-electron chi connectivity index (χ3n) is 2.70. The number of amides is 1. The lowest BCUT2D eigenvalue weighted by Gasteiger charge is -2.20. The Bertz CT molecular complexity index is 453. The second-order valence-corrected chi connectivity index (χ2v) is 3.76. The van der Waals surface area contributed by atoms with Crippen LogP contribution in [0.25, 0.3) is 0 Å². The second kappa shape index (κ2) is 6.75. The largest absolute Gasteiger partial charge is 0.371 e. The molecule has 1 amide bonds. The van der Waals surface area contributed by atoms with Crippen molar-refractivity contribution in [3.8, 4) is 0 Å². The van der Waals surface area contributed by atoms with Crippen molar-refractivity contribution in [2.75, 3.05) is 18.0 Å². The molecule has 7 heteroatoms. The van der Waals surface area contributed by atoms with E-state index in [0.29, 0.717) is 0 Å². The number of nitrogens with one attached hydrogen (secondary N) is 1. The molecule has 0 radical (unpaired) electrons. The number of hydrogen-bond acceptors (Lipinski definition) is 5. The van der Waals surface area contributed by atoms with Gasteiger partial charge in [0.15, 0.2) is 0 Å². The summed E-state index contributed by atoms with van der Waals surface area (Å²) in [5.74, 6) is 4.64. The van der Waals surface area contributed by atoms with Crippen molar-refractivity contribution in [3.05, 3.63) is 22.6 Å². The van der Waals surface area contributed by atoms with E-state index in [1.54, 1.807) is 6.20 Å². The van der Waals surface area contributed by atoms with Crippen molar-refractivity contribution in [3.63, 3.8) is 0 Å². The first-order chi connectivity index (χ1) is 8.62. The van der Waals surface area contributed by atoms with Gasteiger partial charge < -0.3 is 4.90 Å². The van der Waals surface area contributed by atoms with Gasteiger partial charge in [0.05, 0.1) is 18.4 Å². The molecule has 0 saturated heterocycles. The molecule has 7 nitrogen and oxygen atoms in total. The Balaban J connectivity index is 2.80. The summed E-state index contributed by atoms with van der Waals surface area (Å²) in [5, 5.41) is 4.04. The van der Waals surface area contributed by atoms with Crippen LogP contribution in [0.3, 0.4) is 0 Å². The third-order valence-corrected chi connectivity index (χ3v) is 2.70. The van der Waals surface area contributed by atoms with Crippen molar-refractivity contribution >= 4 is 11.6 Å². The fourth-order valence-corrected chi connectivity index (χ4v) is 1.63. The Morgan fingerprint density at radius 3 is 2.67 bits per heavy atom. The van der Waals surface area contributed by atoms with Crippen LogP contribution in [0, 0.1) is 0 Å². The predicted molar refractivity (Wildman–Crippen MR) is 69.0 cm³/mol. The highest BCUT2D eigenvalue weighted by atomic mass is 16.2. The van der Waals surface area contributed by atoms with Crippen LogP contribution in [-0.4, -0.2) is 28.8 Å². The first-order valence-electron chi connectivity index (χ1n) is 5.93. The molecule has 1 rings (SSSR count). The van der Waals surface area contributed by atoms with Crippen molar-refractivity contribution in [2.45, 2.75) is 26.8 Å². The number of aryl methyl sites for hydroxylation is 1. The maximum Gasteiger partial charge on any atom is 0.268 e. The highest BCUT2D eigenvalue weighted by Gasteiger charge is 2.06. The number of aromatic nitrogens is 2. The molecule has 0 saturated carbocycles. The summed E-state index contributed by atoms with van der Waals surface area (Å²) in [6.07, 6.45) is 1.77. The van der Waals surface area contributed by atoms with Gasteiger partial charge in [0.1, 0.15) is 0 Å². The number of hydrazine groups is 1. The van der Waals surface area contributed by atoms with Crippen LogP contribution in [0.2, 0.25) is 0 Å². The van der Waals surface area contributed by atoms with Crippen molar-refractivity contribution in [1.82, 2.24) is 15.2 Å². The monoisotopic (exact) mass is 253 g/mol. The summed E-state index contributed by atoms with van der Waals surface area (Å²) in [6.45, 7) is 5.88. The van der Waals surface area contributed by atoms with Gasteiger partial charge in [-0.2, -0.15) is 5.10 Å². The fraction of sp³-hybridized carbons (Fsp3) is 0.545. The Morgan fingerprint density at radius 2 is 2.17 bits per heavy atom. The normalized spacial score (nSPS) is 10.2. The molecule has 0 bridgehead atoms. The van der Waals surface area contributed by atoms with E-state index < -0.39 is 0 Å². The zero-order chi connectivity index (χ0) is 13.5. The molecule has 0 aliphatic heterocycles. The molecule has 0 aromatic carbocycles. The number of carbonyl (C=O) groups excluding carboxylic acids is 1. The van der Waals surface area contributed by atoms with E-state index >= 15 is 0 Å². The average Bonchev–Trinajstić information content (AvgIpc) is 2.38. The van der Waals surface area contributed by atoms with E-state index in [1.165, 1.54) is 10.7 Å². The number of nitrogens with two attached hydrogens (primary N) is 1. The van der Waals surface area contributed by atoms with Gasteiger partial charge in [0.25, 0.3) is 5.56 Å². The van der Waals surface area contributed by atoms with Crippen molar-refractivity contribution < 1.29 is 4.79 Å². The van der Waals surface area contributed by atoms with E-state index in [0.717, 1.165) is 18.8 Å².